The van der Waals surface area contributed by atoms with E-state index in [0.29, 0.717) is 12.0 Å². The molecule has 1 aromatic heterocycles. The predicted molar refractivity (Wildman–Crippen MR) is 68.2 cm³/mol. The summed E-state index contributed by atoms with van der Waals surface area (Å²) in [7, 11) is 1.67. The van der Waals surface area contributed by atoms with Crippen LogP contribution in [-0.4, -0.2) is 40.3 Å². The molecule has 2 atom stereocenters. The molecule has 0 saturated carbocycles. The molecule has 6 heteroatoms. The van der Waals surface area contributed by atoms with Crippen LogP contribution >= 0.6 is 0 Å². The summed E-state index contributed by atoms with van der Waals surface area (Å²) in [6, 6.07) is 0.182. The van der Waals surface area contributed by atoms with Gasteiger partial charge in [0, 0.05) is 19.0 Å². The molecular weight excluding hydrogens is 230 g/mol. The molecule has 1 fully saturated rings. The molecule has 2 N–H and O–H groups in total. The lowest BCUT2D eigenvalue weighted by Crippen LogP contribution is -2.47. The number of hydrogen-bond acceptors (Lipinski definition) is 4. The maximum absolute atomic E-state index is 11.7. The van der Waals surface area contributed by atoms with Gasteiger partial charge in [-0.3, -0.25) is 4.79 Å². The highest BCUT2D eigenvalue weighted by Crippen LogP contribution is 2.27. The molecule has 0 spiro atoms. The third-order valence-electron chi connectivity index (χ3n) is 3.42. The number of amides is 1. The fraction of sp³-hybridized carbons (Fsp3) is 0.750. The van der Waals surface area contributed by atoms with Crippen molar-refractivity contribution in [3.05, 3.63) is 12.2 Å². The summed E-state index contributed by atoms with van der Waals surface area (Å²) in [5.74, 6) is 1.36. The molecule has 0 aliphatic carbocycles. The van der Waals surface area contributed by atoms with Crippen molar-refractivity contribution in [3.63, 3.8) is 0 Å². The fourth-order valence-electron chi connectivity index (χ4n) is 2.48. The predicted octanol–water partition coefficient (Wildman–Crippen LogP) is 0.441. The van der Waals surface area contributed by atoms with Crippen LogP contribution in [0.15, 0.2) is 6.33 Å². The first-order valence-electron chi connectivity index (χ1n) is 6.47. The van der Waals surface area contributed by atoms with Gasteiger partial charge >= 0.3 is 0 Å². The topological polar surface area (TPSA) is 71.8 Å². The standard InChI is InChI=1S/C12H21N5O/c1-8(2)17-11(15-7-16-17)9-4-5-14-10(6-9)12(18)13-3/h7-10,14H,4-6H2,1-3H3,(H,13,18). The lowest BCUT2D eigenvalue weighted by molar-refractivity contribution is -0.123. The number of carbonyl (C=O) groups excluding carboxylic acids is 1. The molecule has 2 rings (SSSR count). The molecule has 2 unspecified atom stereocenters. The van der Waals surface area contributed by atoms with Gasteiger partial charge in [0.25, 0.3) is 0 Å². The Labute approximate surface area is 107 Å². The number of nitrogens with one attached hydrogen (secondary N) is 2. The second kappa shape index (κ2) is 5.48. The van der Waals surface area contributed by atoms with E-state index in [0.717, 1.165) is 25.2 Å². The second-order valence-electron chi connectivity index (χ2n) is 5.00. The van der Waals surface area contributed by atoms with Crippen molar-refractivity contribution < 1.29 is 4.79 Å². The van der Waals surface area contributed by atoms with Crippen molar-refractivity contribution in [3.8, 4) is 0 Å². The van der Waals surface area contributed by atoms with Crippen molar-refractivity contribution in [2.45, 2.75) is 44.7 Å². The van der Waals surface area contributed by atoms with Crippen molar-refractivity contribution in [1.82, 2.24) is 25.4 Å². The maximum Gasteiger partial charge on any atom is 0.236 e. The lowest BCUT2D eigenvalue weighted by Gasteiger charge is -2.29. The van der Waals surface area contributed by atoms with Gasteiger partial charge in [-0.05, 0) is 33.2 Å². The molecule has 1 aromatic rings. The minimum atomic E-state index is -0.119. The Hall–Kier alpha value is -1.43. The van der Waals surface area contributed by atoms with Gasteiger partial charge in [0.2, 0.25) is 5.91 Å². The van der Waals surface area contributed by atoms with Crippen LogP contribution in [-0.2, 0) is 4.79 Å². The fourth-order valence-corrected chi connectivity index (χ4v) is 2.48. The Balaban J connectivity index is 2.13. The summed E-state index contributed by atoms with van der Waals surface area (Å²) in [5.41, 5.74) is 0. The van der Waals surface area contributed by atoms with Gasteiger partial charge in [0.05, 0.1) is 6.04 Å². The van der Waals surface area contributed by atoms with Crippen LogP contribution in [0.1, 0.15) is 44.5 Å². The van der Waals surface area contributed by atoms with Gasteiger partial charge < -0.3 is 10.6 Å². The van der Waals surface area contributed by atoms with Gasteiger partial charge in [-0.25, -0.2) is 9.67 Å². The van der Waals surface area contributed by atoms with Gasteiger partial charge in [-0.1, -0.05) is 0 Å². The molecule has 100 valence electrons. The zero-order valence-electron chi connectivity index (χ0n) is 11.2. The van der Waals surface area contributed by atoms with Crippen LogP contribution in [0.25, 0.3) is 0 Å². The van der Waals surface area contributed by atoms with E-state index in [1.54, 1.807) is 13.4 Å². The first-order valence-corrected chi connectivity index (χ1v) is 6.47. The van der Waals surface area contributed by atoms with Crippen LogP contribution in [0.5, 0.6) is 0 Å². The first-order chi connectivity index (χ1) is 8.63. The molecule has 1 aliphatic rings. The Morgan fingerprint density at radius 2 is 2.39 bits per heavy atom. The molecule has 0 radical (unpaired) electrons. The Kier molecular flexibility index (Phi) is 3.96. The molecule has 18 heavy (non-hydrogen) atoms. The summed E-state index contributed by atoms with van der Waals surface area (Å²) >= 11 is 0. The van der Waals surface area contributed by atoms with Crippen molar-refractivity contribution in [1.29, 1.82) is 0 Å². The highest BCUT2D eigenvalue weighted by atomic mass is 16.2. The van der Waals surface area contributed by atoms with E-state index in [9.17, 15) is 4.79 Å². The van der Waals surface area contributed by atoms with E-state index in [2.05, 4.69) is 34.6 Å². The van der Waals surface area contributed by atoms with Crippen molar-refractivity contribution >= 4 is 5.91 Å². The van der Waals surface area contributed by atoms with E-state index in [-0.39, 0.29) is 11.9 Å². The quantitative estimate of drug-likeness (QED) is 0.817. The van der Waals surface area contributed by atoms with Crippen LogP contribution in [0.2, 0.25) is 0 Å². The van der Waals surface area contributed by atoms with Crippen LogP contribution in [0.4, 0.5) is 0 Å². The Bertz CT molecular complexity index is 414. The summed E-state index contributed by atoms with van der Waals surface area (Å²) in [5, 5.41) is 10.2. The Morgan fingerprint density at radius 3 is 3.06 bits per heavy atom. The normalized spacial score (nSPS) is 24.2. The maximum atomic E-state index is 11.7. The molecule has 0 aromatic carbocycles. The van der Waals surface area contributed by atoms with Gasteiger partial charge in [0.1, 0.15) is 12.2 Å². The molecule has 0 bridgehead atoms. The van der Waals surface area contributed by atoms with Crippen LogP contribution in [0, 0.1) is 0 Å². The number of aromatic nitrogens is 3. The first kappa shape index (κ1) is 13.0. The van der Waals surface area contributed by atoms with Crippen LogP contribution in [0.3, 0.4) is 0 Å². The third-order valence-corrected chi connectivity index (χ3v) is 3.42. The average Bonchev–Trinajstić information content (AvgIpc) is 2.87. The van der Waals surface area contributed by atoms with E-state index in [1.807, 2.05) is 4.68 Å². The molecule has 2 heterocycles. The van der Waals surface area contributed by atoms with E-state index >= 15 is 0 Å². The number of piperidine rings is 1. The van der Waals surface area contributed by atoms with Gasteiger partial charge in [-0.2, -0.15) is 5.10 Å². The van der Waals surface area contributed by atoms with Crippen LogP contribution < -0.4 is 10.6 Å². The number of carbonyl (C=O) groups is 1. The van der Waals surface area contributed by atoms with Gasteiger partial charge in [-0.15, -0.1) is 0 Å². The lowest BCUT2D eigenvalue weighted by atomic mass is 9.91. The zero-order chi connectivity index (χ0) is 13.1. The summed E-state index contributed by atoms with van der Waals surface area (Å²) in [6.45, 7) is 5.03. The summed E-state index contributed by atoms with van der Waals surface area (Å²) < 4.78 is 1.96. The van der Waals surface area contributed by atoms with E-state index in [1.165, 1.54) is 0 Å². The van der Waals surface area contributed by atoms with E-state index < -0.39 is 0 Å². The Morgan fingerprint density at radius 1 is 1.61 bits per heavy atom. The van der Waals surface area contributed by atoms with E-state index in [4.69, 9.17) is 0 Å². The largest absolute Gasteiger partial charge is 0.358 e. The third kappa shape index (κ3) is 2.53. The molecule has 1 saturated heterocycles. The zero-order valence-corrected chi connectivity index (χ0v) is 11.2. The molecule has 6 nitrogen and oxygen atoms in total. The monoisotopic (exact) mass is 251 g/mol. The minimum absolute atomic E-state index is 0.0512. The number of rotatable bonds is 3. The highest BCUT2D eigenvalue weighted by Gasteiger charge is 2.30. The highest BCUT2D eigenvalue weighted by molar-refractivity contribution is 5.81. The molecular formula is C12H21N5O. The smallest absolute Gasteiger partial charge is 0.236 e. The summed E-state index contributed by atoms with van der Waals surface area (Å²) in [4.78, 5) is 16.1. The number of nitrogens with zero attached hydrogens (tertiary/aromatic N) is 3. The second-order valence-corrected chi connectivity index (χ2v) is 5.00. The molecule has 1 amide bonds. The number of hydrogen-bond donors (Lipinski definition) is 2. The summed E-state index contributed by atoms with van der Waals surface area (Å²) in [6.07, 6.45) is 3.39. The number of likely N-dealkylation sites (N-methyl/N-ethyl adjacent to an activating group) is 1. The average molecular weight is 251 g/mol. The molecule has 1 aliphatic heterocycles. The van der Waals surface area contributed by atoms with Crippen molar-refractivity contribution in [2.75, 3.05) is 13.6 Å². The SMILES string of the molecule is CNC(=O)C1CC(c2ncnn2C(C)C)CCN1. The van der Waals surface area contributed by atoms with Gasteiger partial charge in [0.15, 0.2) is 0 Å². The minimum Gasteiger partial charge on any atom is -0.358 e. The van der Waals surface area contributed by atoms with Crippen molar-refractivity contribution in [2.24, 2.45) is 0 Å².